The minimum Gasteiger partial charge on any atom is -0.509 e. The van der Waals surface area contributed by atoms with Gasteiger partial charge >= 0.3 is 0 Å². The van der Waals surface area contributed by atoms with Crippen LogP contribution >= 0.6 is 0 Å². The molecule has 8 rings (SSSR count). The zero-order chi connectivity index (χ0) is 35.3. The van der Waals surface area contributed by atoms with Gasteiger partial charge in [0.2, 0.25) is 0 Å². The number of hydrogen-bond donors (Lipinski definition) is 0. The number of anilines is 2. The molecule has 5 aromatic carbocycles. The van der Waals surface area contributed by atoms with Crippen molar-refractivity contribution in [3.63, 3.8) is 0 Å². The summed E-state index contributed by atoms with van der Waals surface area (Å²) < 4.78 is 8.69. The van der Waals surface area contributed by atoms with Crippen molar-refractivity contribution in [3.8, 4) is 28.4 Å². The summed E-state index contributed by atoms with van der Waals surface area (Å²) in [6, 6.07) is 49.1. The van der Waals surface area contributed by atoms with Crippen LogP contribution in [-0.2, 0) is 26.5 Å². The minimum atomic E-state index is -0.105. The van der Waals surface area contributed by atoms with Crippen molar-refractivity contribution in [2.24, 2.45) is 5.41 Å². The number of ether oxygens (including phenoxy) is 1. The van der Waals surface area contributed by atoms with Gasteiger partial charge in [-0.2, -0.15) is 12.1 Å². The Labute approximate surface area is 321 Å². The van der Waals surface area contributed by atoms with Gasteiger partial charge in [0.05, 0.1) is 0 Å². The van der Waals surface area contributed by atoms with E-state index in [1.807, 2.05) is 24.4 Å². The van der Waals surface area contributed by atoms with Crippen LogP contribution in [0.1, 0.15) is 47.1 Å². The fourth-order valence-corrected chi connectivity index (χ4v) is 6.72. The number of pyridine rings is 1. The predicted octanol–water partition coefficient (Wildman–Crippen LogP) is 11.9. The largest absolute Gasteiger partial charge is 0.509 e. The molecule has 264 valence electrons. The molecule has 0 saturated heterocycles. The van der Waals surface area contributed by atoms with Crippen molar-refractivity contribution in [3.05, 3.63) is 164 Å². The Morgan fingerprint density at radius 1 is 0.654 bits per heavy atom. The van der Waals surface area contributed by atoms with Crippen molar-refractivity contribution in [2.45, 2.75) is 47.0 Å². The summed E-state index contributed by atoms with van der Waals surface area (Å²) in [7, 11) is 0. The van der Waals surface area contributed by atoms with E-state index in [1.165, 1.54) is 22.4 Å². The van der Waals surface area contributed by atoms with E-state index >= 15 is 0 Å². The molecule has 0 atom stereocenters. The quantitative estimate of drug-likeness (QED) is 0.156. The number of para-hydroxylation sites is 1. The summed E-state index contributed by atoms with van der Waals surface area (Å²) in [4.78, 5) is 9.22. The van der Waals surface area contributed by atoms with E-state index in [1.54, 1.807) is 0 Å². The molecule has 0 radical (unpaired) electrons. The average Bonchev–Trinajstić information content (AvgIpc) is 3.73. The number of hydrogen-bond acceptors (Lipinski definition) is 4. The minimum absolute atomic E-state index is 0. The Morgan fingerprint density at radius 3 is 2.17 bits per heavy atom. The maximum absolute atomic E-state index is 6.50. The molecular formula is C46H41N4OPt-3. The first kappa shape index (κ1) is 35.3. The van der Waals surface area contributed by atoms with Gasteiger partial charge in [-0.15, -0.1) is 48.1 Å². The molecule has 1 aliphatic heterocycles. The van der Waals surface area contributed by atoms with Crippen LogP contribution in [0.25, 0.3) is 38.8 Å². The number of nitrogens with zero attached hydrogens (tertiary/aromatic N) is 4. The number of aromatic nitrogens is 2. The molecule has 0 aliphatic carbocycles. The van der Waals surface area contributed by atoms with E-state index in [4.69, 9.17) is 9.72 Å². The molecule has 0 N–H and O–H groups in total. The first-order valence-corrected chi connectivity index (χ1v) is 17.5. The SMILES string of the molecule is CC(C)(C)C1=CN(c2[c-]c(Oc3[c-]c4c(cc3)c3ccccc3n4-c3cc(C(C)(C)C)ccn3)ccc2)[CH-]N1c1cccc(-c2ccccc2)c1.[Pt]. The Hall–Kier alpha value is -5.12. The maximum Gasteiger partial charge on any atom is 0.135 e. The van der Waals surface area contributed by atoms with Gasteiger partial charge in [0.1, 0.15) is 5.82 Å². The van der Waals surface area contributed by atoms with Crippen molar-refractivity contribution in [1.82, 2.24) is 9.55 Å². The van der Waals surface area contributed by atoms with Gasteiger partial charge in [-0.05, 0) is 64.0 Å². The maximum atomic E-state index is 6.50. The van der Waals surface area contributed by atoms with Crippen LogP contribution in [0.15, 0.2) is 139 Å². The third-order valence-electron chi connectivity index (χ3n) is 9.41. The molecule has 0 spiro atoms. The molecule has 52 heavy (non-hydrogen) atoms. The summed E-state index contributed by atoms with van der Waals surface area (Å²) in [5.41, 5.74) is 8.66. The van der Waals surface area contributed by atoms with Crippen LogP contribution in [0.5, 0.6) is 11.5 Å². The molecule has 7 aromatic rings. The van der Waals surface area contributed by atoms with Crippen LogP contribution in [0, 0.1) is 24.2 Å². The van der Waals surface area contributed by atoms with Crippen molar-refractivity contribution >= 4 is 33.2 Å². The van der Waals surface area contributed by atoms with Crippen LogP contribution in [0.3, 0.4) is 0 Å². The molecule has 0 fully saturated rings. The molecular weight excluding hydrogens is 820 g/mol. The first-order chi connectivity index (χ1) is 24.5. The number of rotatable bonds is 6. The van der Waals surface area contributed by atoms with Crippen LogP contribution in [-0.4, -0.2) is 9.55 Å². The van der Waals surface area contributed by atoms with Gasteiger partial charge < -0.3 is 19.1 Å². The van der Waals surface area contributed by atoms with Gasteiger partial charge in [-0.3, -0.25) is 0 Å². The van der Waals surface area contributed by atoms with E-state index in [2.05, 4.69) is 184 Å². The predicted molar refractivity (Wildman–Crippen MR) is 210 cm³/mol. The molecule has 6 heteroatoms. The molecule has 1 aliphatic rings. The van der Waals surface area contributed by atoms with Crippen LogP contribution in [0.4, 0.5) is 11.4 Å². The third kappa shape index (κ3) is 6.78. The monoisotopic (exact) mass is 860 g/mol. The molecule has 0 saturated carbocycles. The van der Waals surface area contributed by atoms with E-state index in [0.717, 1.165) is 39.0 Å². The second kappa shape index (κ2) is 13.8. The number of benzene rings is 5. The average molecular weight is 861 g/mol. The van der Waals surface area contributed by atoms with Gasteiger partial charge in [-0.25, -0.2) is 4.98 Å². The number of fused-ring (bicyclic) bond motifs is 3. The van der Waals surface area contributed by atoms with Crippen LogP contribution < -0.4 is 14.5 Å². The van der Waals surface area contributed by atoms with E-state index < -0.39 is 0 Å². The fraction of sp³-hybridized carbons (Fsp3) is 0.174. The third-order valence-corrected chi connectivity index (χ3v) is 9.41. The van der Waals surface area contributed by atoms with Gasteiger partial charge in [0.25, 0.3) is 0 Å². The summed E-state index contributed by atoms with van der Waals surface area (Å²) in [5.74, 6) is 2.09. The van der Waals surface area contributed by atoms with Crippen molar-refractivity contribution < 1.29 is 25.8 Å². The smallest absolute Gasteiger partial charge is 0.135 e. The van der Waals surface area contributed by atoms with Crippen molar-refractivity contribution in [2.75, 3.05) is 9.80 Å². The van der Waals surface area contributed by atoms with Crippen molar-refractivity contribution in [1.29, 1.82) is 0 Å². The topological polar surface area (TPSA) is 33.5 Å². The summed E-state index contributed by atoms with van der Waals surface area (Å²) in [5, 5.41) is 2.25. The zero-order valence-corrected chi connectivity index (χ0v) is 32.6. The summed E-state index contributed by atoms with van der Waals surface area (Å²) in [6.07, 6.45) is 4.09. The van der Waals surface area contributed by atoms with E-state index in [9.17, 15) is 0 Å². The molecule has 0 amide bonds. The fourth-order valence-electron chi connectivity index (χ4n) is 6.72. The Morgan fingerprint density at radius 2 is 1.38 bits per heavy atom. The number of allylic oxidation sites excluding steroid dienone is 1. The summed E-state index contributed by atoms with van der Waals surface area (Å²) >= 11 is 0. The second-order valence-corrected chi connectivity index (χ2v) is 15.2. The molecule has 0 bridgehead atoms. The van der Waals surface area contributed by atoms with Gasteiger partial charge in [0, 0.05) is 61.1 Å². The normalized spacial score (nSPS) is 13.4. The van der Waals surface area contributed by atoms with E-state index in [0.29, 0.717) is 11.5 Å². The Bertz CT molecular complexity index is 2420. The second-order valence-electron chi connectivity index (χ2n) is 15.2. The Balaban J connectivity index is 0.00000420. The first-order valence-electron chi connectivity index (χ1n) is 17.5. The molecule has 3 heterocycles. The van der Waals surface area contributed by atoms with E-state index in [-0.39, 0.29) is 31.9 Å². The Kier molecular flexibility index (Phi) is 9.35. The van der Waals surface area contributed by atoms with Crippen LogP contribution in [0.2, 0.25) is 0 Å². The zero-order valence-electron chi connectivity index (χ0n) is 30.3. The van der Waals surface area contributed by atoms with Gasteiger partial charge in [-0.1, -0.05) is 108 Å². The standard InChI is InChI=1S/C46H41N4O.Pt/c1-45(2,3)34-24-25-47-44(27-34)50-41-21-11-10-20-39(41)40-23-22-38(29-42(40)50)51-37-19-13-17-35(28-37)48-30-43(46(4,5)6)49(31-48)36-18-12-16-33(26-36)32-14-8-7-9-15-32;/h7-27,30-31H,1-6H3;/q-3;. The molecule has 0 unspecified atom stereocenters. The molecule has 2 aromatic heterocycles. The summed E-state index contributed by atoms with van der Waals surface area (Å²) in [6.45, 7) is 15.5. The molecule has 5 nitrogen and oxygen atoms in total. The van der Waals surface area contributed by atoms with Gasteiger partial charge in [0.15, 0.2) is 0 Å².